The van der Waals surface area contributed by atoms with Gasteiger partial charge in [0.25, 0.3) is 0 Å². The van der Waals surface area contributed by atoms with Gasteiger partial charge in [0, 0.05) is 11.8 Å². The van der Waals surface area contributed by atoms with Crippen molar-refractivity contribution >= 4 is 17.3 Å². The van der Waals surface area contributed by atoms with Gasteiger partial charge in [0.15, 0.2) is 0 Å². The maximum Gasteiger partial charge on any atom is 0.451 e. The summed E-state index contributed by atoms with van der Waals surface area (Å²) in [5, 5.41) is 2.65. The van der Waals surface area contributed by atoms with Crippen molar-refractivity contribution in [2.24, 2.45) is 5.84 Å². The summed E-state index contributed by atoms with van der Waals surface area (Å²) < 4.78 is 51.2. The van der Waals surface area contributed by atoms with E-state index in [9.17, 15) is 17.6 Å². The van der Waals surface area contributed by atoms with Crippen molar-refractivity contribution < 1.29 is 17.6 Å². The van der Waals surface area contributed by atoms with E-state index in [-0.39, 0.29) is 11.6 Å². The fourth-order valence-corrected chi connectivity index (χ4v) is 1.58. The number of nitrogens with two attached hydrogens (primary N) is 1. The van der Waals surface area contributed by atoms with Crippen LogP contribution in [0.5, 0.6) is 0 Å². The summed E-state index contributed by atoms with van der Waals surface area (Å²) in [6.45, 7) is 1.54. The minimum Gasteiger partial charge on any atom is -0.340 e. The normalized spacial score (nSPS) is 11.3. The monoisotopic (exact) mass is 301 g/mol. The molecule has 112 valence electrons. The number of benzene rings is 1. The maximum absolute atomic E-state index is 13.1. The van der Waals surface area contributed by atoms with E-state index in [2.05, 4.69) is 15.3 Å². The molecule has 0 atom stereocenters. The highest BCUT2D eigenvalue weighted by atomic mass is 19.4. The van der Waals surface area contributed by atoms with Crippen LogP contribution in [0.1, 0.15) is 11.4 Å². The Kier molecular flexibility index (Phi) is 3.94. The number of hydrogen-bond donors (Lipinski definition) is 3. The number of nitrogens with zero attached hydrogens (tertiary/aromatic N) is 2. The lowest BCUT2D eigenvalue weighted by Crippen LogP contribution is -2.16. The lowest BCUT2D eigenvalue weighted by Gasteiger charge is -2.11. The third kappa shape index (κ3) is 3.57. The summed E-state index contributed by atoms with van der Waals surface area (Å²) >= 11 is 0. The van der Waals surface area contributed by atoms with E-state index in [0.29, 0.717) is 11.3 Å². The van der Waals surface area contributed by atoms with Crippen LogP contribution in [0.15, 0.2) is 24.3 Å². The van der Waals surface area contributed by atoms with Gasteiger partial charge in [-0.15, -0.1) is 0 Å². The molecular formula is C12H11F4N5. The van der Waals surface area contributed by atoms with E-state index in [0.717, 1.165) is 0 Å². The fraction of sp³-hybridized carbons (Fsp3) is 0.167. The van der Waals surface area contributed by atoms with Crippen molar-refractivity contribution in [2.45, 2.75) is 13.1 Å². The van der Waals surface area contributed by atoms with Crippen molar-refractivity contribution in [3.05, 3.63) is 41.5 Å². The Balaban J connectivity index is 2.36. The number of halogens is 4. The van der Waals surface area contributed by atoms with Crippen molar-refractivity contribution in [2.75, 3.05) is 10.7 Å². The van der Waals surface area contributed by atoms with E-state index in [1.165, 1.54) is 31.2 Å². The number of aryl methyl sites for hydroxylation is 1. The van der Waals surface area contributed by atoms with Crippen molar-refractivity contribution in [3.63, 3.8) is 0 Å². The van der Waals surface area contributed by atoms with Gasteiger partial charge in [0.05, 0.1) is 0 Å². The summed E-state index contributed by atoms with van der Waals surface area (Å²) in [6.07, 6.45) is -4.71. The Morgan fingerprint density at radius 2 is 1.76 bits per heavy atom. The molecule has 0 saturated heterocycles. The standard InChI is InChI=1S/C12H11F4N5/c1-6-4-7(2-3-8(6)13)18-9-5-10(21-17)20-11(19-9)12(14,15)16/h2-5H,17H2,1H3,(H2,18,19,20,21). The number of hydrazine groups is 1. The van der Waals surface area contributed by atoms with Gasteiger partial charge in [-0.2, -0.15) is 13.2 Å². The highest BCUT2D eigenvalue weighted by Crippen LogP contribution is 2.29. The van der Waals surface area contributed by atoms with Crippen LogP contribution in [0.4, 0.5) is 34.9 Å². The summed E-state index contributed by atoms with van der Waals surface area (Å²) in [7, 11) is 0. The van der Waals surface area contributed by atoms with Gasteiger partial charge in [-0.25, -0.2) is 20.2 Å². The number of alkyl halides is 3. The molecule has 0 aliphatic heterocycles. The second-order valence-corrected chi connectivity index (χ2v) is 4.19. The number of nitrogen functional groups attached to an aromatic ring is 1. The predicted octanol–water partition coefficient (Wildman–Crippen LogP) is 2.97. The molecule has 0 bridgehead atoms. The van der Waals surface area contributed by atoms with Gasteiger partial charge in [-0.3, -0.25) is 0 Å². The Morgan fingerprint density at radius 3 is 2.33 bits per heavy atom. The SMILES string of the molecule is Cc1cc(Nc2cc(NN)nc(C(F)(F)F)n2)ccc1F. The highest BCUT2D eigenvalue weighted by molar-refractivity contribution is 5.59. The Hall–Kier alpha value is -2.42. The molecule has 0 fully saturated rings. The topological polar surface area (TPSA) is 75.9 Å². The molecule has 4 N–H and O–H groups in total. The van der Waals surface area contributed by atoms with Crippen molar-refractivity contribution in [1.82, 2.24) is 9.97 Å². The summed E-state index contributed by atoms with van der Waals surface area (Å²) in [4.78, 5) is 6.59. The molecule has 2 rings (SSSR count). The van der Waals surface area contributed by atoms with E-state index in [1.807, 2.05) is 5.43 Å². The minimum absolute atomic E-state index is 0.115. The molecule has 0 aliphatic carbocycles. The molecule has 1 aromatic carbocycles. The van der Waals surface area contributed by atoms with Crippen LogP contribution in [0.3, 0.4) is 0 Å². The fourth-order valence-electron chi connectivity index (χ4n) is 1.58. The lowest BCUT2D eigenvalue weighted by molar-refractivity contribution is -0.144. The molecule has 0 spiro atoms. The summed E-state index contributed by atoms with van der Waals surface area (Å²) in [5.74, 6) is 3.03. The summed E-state index contributed by atoms with van der Waals surface area (Å²) in [6, 6.07) is 5.23. The second kappa shape index (κ2) is 5.52. The zero-order valence-electron chi connectivity index (χ0n) is 10.8. The molecule has 21 heavy (non-hydrogen) atoms. The number of aromatic nitrogens is 2. The van der Waals surface area contributed by atoms with E-state index < -0.39 is 17.8 Å². The molecule has 1 aromatic heterocycles. The molecule has 1 heterocycles. The van der Waals surface area contributed by atoms with Gasteiger partial charge < -0.3 is 10.7 Å². The zero-order valence-corrected chi connectivity index (χ0v) is 10.8. The molecule has 0 radical (unpaired) electrons. The van der Waals surface area contributed by atoms with E-state index >= 15 is 0 Å². The molecule has 0 saturated carbocycles. The van der Waals surface area contributed by atoms with Crippen molar-refractivity contribution in [1.29, 1.82) is 0 Å². The lowest BCUT2D eigenvalue weighted by atomic mass is 10.2. The number of hydrogen-bond acceptors (Lipinski definition) is 5. The quantitative estimate of drug-likeness (QED) is 0.461. The summed E-state index contributed by atoms with van der Waals surface area (Å²) in [5.41, 5.74) is 2.78. The van der Waals surface area contributed by atoms with Crippen LogP contribution in [0, 0.1) is 12.7 Å². The molecule has 0 aliphatic rings. The van der Waals surface area contributed by atoms with Crippen LogP contribution in [-0.2, 0) is 6.18 Å². The zero-order chi connectivity index (χ0) is 15.6. The first kappa shape index (κ1) is 15.0. The van der Waals surface area contributed by atoms with Crippen LogP contribution >= 0.6 is 0 Å². The molecule has 0 unspecified atom stereocenters. The number of nitrogens with one attached hydrogen (secondary N) is 2. The average Bonchev–Trinajstić information content (AvgIpc) is 2.41. The predicted molar refractivity (Wildman–Crippen MR) is 69.3 cm³/mol. The van der Waals surface area contributed by atoms with Gasteiger partial charge in [0.1, 0.15) is 17.5 Å². The maximum atomic E-state index is 13.1. The van der Waals surface area contributed by atoms with Crippen LogP contribution < -0.4 is 16.6 Å². The van der Waals surface area contributed by atoms with Gasteiger partial charge in [-0.05, 0) is 30.7 Å². The van der Waals surface area contributed by atoms with Gasteiger partial charge >= 0.3 is 6.18 Å². The Labute approximate surface area is 117 Å². The largest absolute Gasteiger partial charge is 0.451 e. The third-order valence-electron chi connectivity index (χ3n) is 2.56. The van der Waals surface area contributed by atoms with Crippen LogP contribution in [0.25, 0.3) is 0 Å². The molecule has 0 amide bonds. The smallest absolute Gasteiger partial charge is 0.340 e. The first-order valence-corrected chi connectivity index (χ1v) is 5.75. The van der Waals surface area contributed by atoms with Crippen molar-refractivity contribution in [3.8, 4) is 0 Å². The highest BCUT2D eigenvalue weighted by Gasteiger charge is 2.35. The van der Waals surface area contributed by atoms with Crippen LogP contribution in [0.2, 0.25) is 0 Å². The molecular weight excluding hydrogens is 290 g/mol. The Morgan fingerprint density at radius 1 is 1.10 bits per heavy atom. The number of rotatable bonds is 3. The first-order chi connectivity index (χ1) is 9.79. The van der Waals surface area contributed by atoms with E-state index in [1.54, 1.807) is 0 Å². The minimum atomic E-state index is -4.71. The molecule has 2 aromatic rings. The molecule has 5 nitrogen and oxygen atoms in total. The molecule has 9 heteroatoms. The average molecular weight is 301 g/mol. The Bertz CT molecular complexity index is 657. The third-order valence-corrected chi connectivity index (χ3v) is 2.56. The van der Waals surface area contributed by atoms with Gasteiger partial charge in [0.2, 0.25) is 5.82 Å². The second-order valence-electron chi connectivity index (χ2n) is 4.19. The van der Waals surface area contributed by atoms with E-state index in [4.69, 9.17) is 5.84 Å². The number of anilines is 3. The van der Waals surface area contributed by atoms with Crippen LogP contribution in [-0.4, -0.2) is 9.97 Å². The first-order valence-electron chi connectivity index (χ1n) is 5.75. The van der Waals surface area contributed by atoms with Gasteiger partial charge in [-0.1, -0.05) is 0 Å².